The van der Waals surface area contributed by atoms with Gasteiger partial charge in [0.25, 0.3) is 0 Å². The highest BCUT2D eigenvalue weighted by molar-refractivity contribution is 6.32. The van der Waals surface area contributed by atoms with Gasteiger partial charge in [-0.25, -0.2) is 0 Å². The largest absolute Gasteiger partial charge is 0.358 e. The number of rotatable bonds is 6. The molecule has 0 saturated heterocycles. The third kappa shape index (κ3) is 5.10. The fourth-order valence-electron chi connectivity index (χ4n) is 6.70. The number of hydrogen-bond donors (Lipinski definition) is 2. The summed E-state index contributed by atoms with van der Waals surface area (Å²) in [7, 11) is 0. The van der Waals surface area contributed by atoms with Crippen LogP contribution in [0.4, 0.5) is 11.4 Å². The number of Topliss-reactive ketones (excluding diaryl/α,β-unsaturated/α-hetero) is 1. The average molecular weight is 621 g/mol. The van der Waals surface area contributed by atoms with Crippen LogP contribution in [0, 0.1) is 5.41 Å². The Balaban J connectivity index is 1.45. The molecule has 1 aromatic heterocycles. The molecule has 1 aliphatic heterocycles. The van der Waals surface area contributed by atoms with Gasteiger partial charge in [0.2, 0.25) is 5.91 Å². The second-order valence-electron chi connectivity index (χ2n) is 12.4. The summed E-state index contributed by atoms with van der Waals surface area (Å²) in [6, 6.07) is 31.0. The van der Waals surface area contributed by atoms with E-state index in [1.807, 2.05) is 102 Å². The van der Waals surface area contributed by atoms with Gasteiger partial charge in [-0.05, 0) is 71.5 Å². The number of aromatic nitrogens is 1. The van der Waals surface area contributed by atoms with E-state index in [-0.39, 0.29) is 17.1 Å². The van der Waals surface area contributed by atoms with Crippen molar-refractivity contribution in [1.82, 2.24) is 4.98 Å². The third-order valence-electron chi connectivity index (χ3n) is 8.59. The number of nitrogens with one attached hydrogen (secondary N) is 2. The van der Waals surface area contributed by atoms with Crippen molar-refractivity contribution in [3.05, 3.63) is 135 Å². The summed E-state index contributed by atoms with van der Waals surface area (Å²) in [5, 5.41) is 5.58. The van der Waals surface area contributed by atoms with Gasteiger partial charge < -0.3 is 15.2 Å². The molecule has 1 atom stereocenters. The number of halogens is 2. The molecule has 5 aromatic rings. The normalized spacial score (nSPS) is 17.8. The Morgan fingerprint density at radius 1 is 0.864 bits per heavy atom. The van der Waals surface area contributed by atoms with Crippen LogP contribution in [0.3, 0.4) is 0 Å². The quantitative estimate of drug-likeness (QED) is 0.199. The summed E-state index contributed by atoms with van der Waals surface area (Å²) < 4.78 is 0. The molecule has 5 nitrogen and oxygen atoms in total. The molecule has 4 aromatic carbocycles. The maximum absolute atomic E-state index is 14.6. The van der Waals surface area contributed by atoms with Crippen LogP contribution in [0.25, 0.3) is 16.5 Å². The van der Waals surface area contributed by atoms with E-state index < -0.39 is 5.92 Å². The number of anilines is 2. The van der Waals surface area contributed by atoms with Gasteiger partial charge in [0.05, 0.1) is 23.7 Å². The highest BCUT2D eigenvalue weighted by atomic mass is 35.5. The lowest BCUT2D eigenvalue weighted by atomic mass is 9.74. The number of allylic oxidation sites excluding steroid dienone is 2. The molecule has 220 valence electrons. The molecule has 0 fully saturated rings. The molecule has 7 rings (SSSR count). The molecule has 2 aliphatic rings. The zero-order chi connectivity index (χ0) is 30.6. The molecule has 0 radical (unpaired) electrons. The van der Waals surface area contributed by atoms with Crippen molar-refractivity contribution in [2.45, 2.75) is 39.2 Å². The lowest BCUT2D eigenvalue weighted by Gasteiger charge is -2.33. The number of aromatic amines is 1. The van der Waals surface area contributed by atoms with E-state index >= 15 is 0 Å². The molecular weight excluding hydrogens is 589 g/mol. The van der Waals surface area contributed by atoms with Crippen LogP contribution in [-0.2, 0) is 16.1 Å². The van der Waals surface area contributed by atoms with Crippen molar-refractivity contribution in [3.63, 3.8) is 0 Å². The molecule has 0 bridgehead atoms. The van der Waals surface area contributed by atoms with Crippen molar-refractivity contribution in [2.75, 3.05) is 10.2 Å². The van der Waals surface area contributed by atoms with E-state index in [1.165, 1.54) is 0 Å². The smallest absolute Gasteiger partial charge is 0.239 e. The predicted octanol–water partition coefficient (Wildman–Crippen LogP) is 9.37. The Morgan fingerprint density at radius 2 is 1.57 bits per heavy atom. The van der Waals surface area contributed by atoms with E-state index in [1.54, 1.807) is 0 Å². The molecule has 7 heteroatoms. The molecule has 1 amide bonds. The van der Waals surface area contributed by atoms with E-state index in [9.17, 15) is 9.59 Å². The second kappa shape index (κ2) is 11.0. The molecule has 2 heterocycles. The number of benzene rings is 4. The Hall–Kier alpha value is -4.32. The van der Waals surface area contributed by atoms with Gasteiger partial charge in [0.1, 0.15) is 0 Å². The van der Waals surface area contributed by atoms with Crippen molar-refractivity contribution >= 4 is 62.7 Å². The first-order chi connectivity index (χ1) is 21.2. The second-order valence-corrected chi connectivity index (χ2v) is 13.3. The number of nitrogens with zero attached hydrogens (tertiary/aromatic N) is 1. The fraction of sp³-hybridized carbons (Fsp3) is 0.189. The van der Waals surface area contributed by atoms with Crippen molar-refractivity contribution < 1.29 is 9.59 Å². The molecule has 1 unspecified atom stereocenters. The zero-order valence-corrected chi connectivity index (χ0v) is 26.0. The van der Waals surface area contributed by atoms with Crippen LogP contribution >= 0.6 is 23.2 Å². The summed E-state index contributed by atoms with van der Waals surface area (Å²) in [5.41, 5.74) is 7.06. The van der Waals surface area contributed by atoms with Crippen LogP contribution in [0.2, 0.25) is 10.0 Å². The maximum Gasteiger partial charge on any atom is 0.239 e. The monoisotopic (exact) mass is 619 g/mol. The summed E-state index contributed by atoms with van der Waals surface area (Å²) in [6.07, 6.45) is 1.04. The first-order valence-electron chi connectivity index (χ1n) is 14.7. The third-order valence-corrected chi connectivity index (χ3v) is 9.08. The number of fused-ring (bicyclic) bond motifs is 2. The molecular formula is C37H31Cl2N3O2. The van der Waals surface area contributed by atoms with E-state index in [4.69, 9.17) is 23.2 Å². The standard InChI is InChI=1S/C37H31Cl2N3O2/c1-37(2)19-29(40-25-15-12-23(38)13-16-25)34(31(43)20-37)35-32(27-18-24(39)14-17-28(27)41-35)33-26-10-6-7-11-30(26)42(36(33)44)21-22-8-4-3-5-9-22/h3-18,33,40-41H,19-21H2,1-2H3. The number of ketones is 1. The Labute approximate surface area is 266 Å². The Morgan fingerprint density at radius 3 is 2.34 bits per heavy atom. The number of carbonyl (C=O) groups is 2. The highest BCUT2D eigenvalue weighted by Crippen LogP contribution is 2.49. The number of para-hydroxylation sites is 1. The predicted molar refractivity (Wildman–Crippen MR) is 179 cm³/mol. The highest BCUT2D eigenvalue weighted by Gasteiger charge is 2.43. The minimum absolute atomic E-state index is 0.0245. The van der Waals surface area contributed by atoms with Gasteiger partial charge in [-0.1, -0.05) is 85.6 Å². The first kappa shape index (κ1) is 28.5. The van der Waals surface area contributed by atoms with Gasteiger partial charge in [0, 0.05) is 50.0 Å². The summed E-state index contributed by atoms with van der Waals surface area (Å²) >= 11 is 12.7. The summed E-state index contributed by atoms with van der Waals surface area (Å²) in [6.45, 7) is 4.66. The SMILES string of the molecule is CC1(C)CC(=O)C(c2[nH]c3ccc(Cl)cc3c2C2C(=O)N(Cc3ccccc3)c3ccccc32)=C(Nc2ccc(Cl)cc2)C1. The van der Waals surface area contributed by atoms with Gasteiger partial charge in [-0.3, -0.25) is 9.59 Å². The topological polar surface area (TPSA) is 65.2 Å². The lowest BCUT2D eigenvalue weighted by molar-refractivity contribution is -0.119. The van der Waals surface area contributed by atoms with Crippen molar-refractivity contribution in [3.8, 4) is 0 Å². The van der Waals surface area contributed by atoms with Gasteiger partial charge in [-0.2, -0.15) is 0 Å². The zero-order valence-electron chi connectivity index (χ0n) is 24.5. The van der Waals surface area contributed by atoms with Crippen LogP contribution in [-0.4, -0.2) is 16.7 Å². The fourth-order valence-corrected chi connectivity index (χ4v) is 7.00. The lowest BCUT2D eigenvalue weighted by Crippen LogP contribution is -2.30. The molecule has 0 saturated carbocycles. The van der Waals surface area contributed by atoms with E-state index in [0.29, 0.717) is 40.7 Å². The molecule has 0 spiro atoms. The first-order valence-corrected chi connectivity index (χ1v) is 15.5. The summed E-state index contributed by atoms with van der Waals surface area (Å²) in [5.74, 6) is -0.630. The molecule has 44 heavy (non-hydrogen) atoms. The van der Waals surface area contributed by atoms with Gasteiger partial charge in [0.15, 0.2) is 5.78 Å². The number of carbonyl (C=O) groups excluding carboxylic acids is 2. The van der Waals surface area contributed by atoms with Crippen molar-refractivity contribution in [1.29, 1.82) is 0 Å². The Kier molecular flexibility index (Phi) is 7.11. The number of amides is 1. The van der Waals surface area contributed by atoms with Gasteiger partial charge in [-0.15, -0.1) is 0 Å². The van der Waals surface area contributed by atoms with Crippen LogP contribution in [0.15, 0.2) is 103 Å². The minimum Gasteiger partial charge on any atom is -0.358 e. The van der Waals surface area contributed by atoms with Crippen molar-refractivity contribution in [2.24, 2.45) is 5.41 Å². The van der Waals surface area contributed by atoms with E-state index in [2.05, 4.69) is 24.1 Å². The number of H-pyrrole nitrogens is 1. The molecule has 1 aliphatic carbocycles. The van der Waals surface area contributed by atoms with Gasteiger partial charge >= 0.3 is 0 Å². The van der Waals surface area contributed by atoms with Crippen LogP contribution in [0.1, 0.15) is 55.0 Å². The average Bonchev–Trinajstić information content (AvgIpc) is 3.47. The number of hydrogen-bond acceptors (Lipinski definition) is 3. The van der Waals surface area contributed by atoms with Crippen LogP contribution in [0.5, 0.6) is 0 Å². The van der Waals surface area contributed by atoms with Crippen LogP contribution < -0.4 is 10.2 Å². The molecule has 2 N–H and O–H groups in total. The minimum atomic E-state index is -0.621. The maximum atomic E-state index is 14.6. The van der Waals surface area contributed by atoms with E-state index in [0.717, 1.165) is 44.7 Å². The summed E-state index contributed by atoms with van der Waals surface area (Å²) in [4.78, 5) is 34.1. The Bertz CT molecular complexity index is 1960.